The molecule has 0 saturated carbocycles. The number of rotatable bonds is 9. The van der Waals surface area contributed by atoms with Crippen molar-refractivity contribution in [3.8, 4) is 5.75 Å². The topological polar surface area (TPSA) is 92.6 Å². The number of aromatic nitrogens is 2. The van der Waals surface area contributed by atoms with Crippen LogP contribution < -0.4 is 9.64 Å². The zero-order chi connectivity index (χ0) is 30.6. The van der Waals surface area contributed by atoms with Gasteiger partial charge in [-0.05, 0) is 65.6 Å². The summed E-state index contributed by atoms with van der Waals surface area (Å²) in [5.41, 5.74) is 4.31. The molecule has 7 nitrogen and oxygen atoms in total. The Kier molecular flexibility index (Phi) is 8.79. The van der Waals surface area contributed by atoms with Crippen LogP contribution in [0.3, 0.4) is 0 Å². The Balaban J connectivity index is 1.28. The molecule has 1 aliphatic rings. The van der Waals surface area contributed by atoms with Crippen LogP contribution in [0.2, 0.25) is 5.02 Å². The molecule has 5 aromatic rings. The molecule has 0 spiro atoms. The summed E-state index contributed by atoms with van der Waals surface area (Å²) in [6.07, 6.45) is 0. The Hall–Kier alpha value is -4.44. The standard InChI is InChI=1S/C34H26ClN3O4S2/c1-21-7-5-6-10-25(21)19-42-27-17-13-24(14-18-27)30(39)28-29(23-8-3-2-4-9-23)38(32(41)31(28)40)33-36-37-34(44-33)43-20-22-11-15-26(35)16-12-22/h2-18,29,39H,19-20H2,1H3/b30-28+. The van der Waals surface area contributed by atoms with E-state index in [1.54, 1.807) is 24.3 Å². The molecule has 10 heteroatoms. The molecule has 1 unspecified atom stereocenters. The summed E-state index contributed by atoms with van der Waals surface area (Å²) in [5.74, 6) is -0.586. The van der Waals surface area contributed by atoms with E-state index in [1.165, 1.54) is 28.0 Å². The highest BCUT2D eigenvalue weighted by molar-refractivity contribution is 8.00. The molecule has 6 rings (SSSR count). The highest BCUT2D eigenvalue weighted by Crippen LogP contribution is 2.44. The number of aryl methyl sites for hydroxylation is 1. The number of carbonyl (C=O) groups excluding carboxylic acids is 2. The average molecular weight is 640 g/mol. The third-order valence-electron chi connectivity index (χ3n) is 7.22. The van der Waals surface area contributed by atoms with Crippen LogP contribution in [-0.4, -0.2) is 27.0 Å². The molecule has 2 heterocycles. The monoisotopic (exact) mass is 639 g/mol. The van der Waals surface area contributed by atoms with Gasteiger partial charge in [0.05, 0.1) is 11.6 Å². The van der Waals surface area contributed by atoms with Crippen LogP contribution in [0, 0.1) is 6.92 Å². The highest BCUT2D eigenvalue weighted by atomic mass is 35.5. The van der Waals surface area contributed by atoms with E-state index in [4.69, 9.17) is 16.3 Å². The predicted molar refractivity (Wildman–Crippen MR) is 174 cm³/mol. The number of aliphatic hydroxyl groups is 1. The van der Waals surface area contributed by atoms with Gasteiger partial charge in [0.1, 0.15) is 18.1 Å². The summed E-state index contributed by atoms with van der Waals surface area (Å²) < 4.78 is 6.59. The average Bonchev–Trinajstić information content (AvgIpc) is 3.62. The minimum absolute atomic E-state index is 0.0136. The maximum absolute atomic E-state index is 13.5. The molecule has 220 valence electrons. The van der Waals surface area contributed by atoms with E-state index in [2.05, 4.69) is 10.2 Å². The first kappa shape index (κ1) is 29.6. The summed E-state index contributed by atoms with van der Waals surface area (Å²) in [6, 6.07) is 30.6. The van der Waals surface area contributed by atoms with Crippen LogP contribution in [-0.2, 0) is 21.9 Å². The number of hydrogen-bond donors (Lipinski definition) is 1. The second kappa shape index (κ2) is 13.1. The van der Waals surface area contributed by atoms with Crippen molar-refractivity contribution in [2.45, 2.75) is 29.7 Å². The Morgan fingerprint density at radius 3 is 2.36 bits per heavy atom. The number of Topliss-reactive ketones (excluding diaryl/α,β-unsaturated/α-hetero) is 1. The lowest BCUT2D eigenvalue weighted by Gasteiger charge is -2.22. The Bertz CT molecular complexity index is 1840. The summed E-state index contributed by atoms with van der Waals surface area (Å²) in [5, 5.41) is 21.0. The summed E-state index contributed by atoms with van der Waals surface area (Å²) in [4.78, 5) is 28.3. The van der Waals surface area contributed by atoms with E-state index in [0.29, 0.717) is 38.6 Å². The molecular weight excluding hydrogens is 614 g/mol. The number of nitrogens with zero attached hydrogens (tertiary/aromatic N) is 3. The molecule has 0 aliphatic carbocycles. The first-order valence-corrected chi connectivity index (χ1v) is 15.9. The molecule has 0 radical (unpaired) electrons. The van der Waals surface area contributed by atoms with Gasteiger partial charge in [0.15, 0.2) is 4.34 Å². The number of halogens is 1. The first-order valence-electron chi connectivity index (χ1n) is 13.7. The van der Waals surface area contributed by atoms with E-state index in [-0.39, 0.29) is 16.5 Å². The first-order chi connectivity index (χ1) is 21.4. The van der Waals surface area contributed by atoms with Gasteiger partial charge in [-0.25, -0.2) is 0 Å². The number of thioether (sulfide) groups is 1. The molecule has 1 aromatic heterocycles. The fourth-order valence-corrected chi connectivity index (χ4v) is 6.81. The van der Waals surface area contributed by atoms with Crippen molar-refractivity contribution >= 4 is 57.3 Å². The fourth-order valence-electron chi connectivity index (χ4n) is 4.86. The SMILES string of the molecule is Cc1ccccc1COc1ccc(/C(O)=C2\C(=O)C(=O)N(c3nnc(SCc4ccc(Cl)cc4)s3)C2c2ccccc2)cc1. The van der Waals surface area contributed by atoms with Crippen LogP contribution in [0.5, 0.6) is 5.75 Å². The van der Waals surface area contributed by atoms with Gasteiger partial charge < -0.3 is 9.84 Å². The molecule has 1 amide bonds. The molecule has 44 heavy (non-hydrogen) atoms. The van der Waals surface area contributed by atoms with Crippen LogP contribution in [0.25, 0.3) is 5.76 Å². The predicted octanol–water partition coefficient (Wildman–Crippen LogP) is 8.00. The fraction of sp³-hybridized carbons (Fsp3) is 0.118. The summed E-state index contributed by atoms with van der Waals surface area (Å²) in [7, 11) is 0. The van der Waals surface area contributed by atoms with E-state index < -0.39 is 17.7 Å². The van der Waals surface area contributed by atoms with E-state index in [9.17, 15) is 14.7 Å². The van der Waals surface area contributed by atoms with Crippen molar-refractivity contribution in [2.75, 3.05) is 4.90 Å². The zero-order valence-electron chi connectivity index (χ0n) is 23.5. The minimum atomic E-state index is -0.879. The van der Waals surface area contributed by atoms with Gasteiger partial charge in [0.25, 0.3) is 5.78 Å². The van der Waals surface area contributed by atoms with Crippen LogP contribution in [0.15, 0.2) is 113 Å². The van der Waals surface area contributed by atoms with Gasteiger partial charge in [0.2, 0.25) is 5.13 Å². The van der Waals surface area contributed by atoms with Crippen molar-refractivity contribution in [1.82, 2.24) is 10.2 Å². The van der Waals surface area contributed by atoms with E-state index in [1.807, 2.05) is 85.8 Å². The minimum Gasteiger partial charge on any atom is -0.507 e. The third kappa shape index (κ3) is 6.26. The van der Waals surface area contributed by atoms with Crippen molar-refractivity contribution in [3.63, 3.8) is 0 Å². The Labute approximate surface area is 267 Å². The third-order valence-corrected chi connectivity index (χ3v) is 9.60. The number of amides is 1. The lowest BCUT2D eigenvalue weighted by atomic mass is 9.95. The Morgan fingerprint density at radius 2 is 1.64 bits per heavy atom. The number of ether oxygens (including phenoxy) is 1. The Morgan fingerprint density at radius 1 is 0.932 bits per heavy atom. The summed E-state index contributed by atoms with van der Waals surface area (Å²) >= 11 is 8.69. The molecule has 1 N–H and O–H groups in total. The van der Waals surface area contributed by atoms with Gasteiger partial charge in [-0.3, -0.25) is 14.5 Å². The van der Waals surface area contributed by atoms with Crippen molar-refractivity contribution in [3.05, 3.63) is 142 Å². The summed E-state index contributed by atoms with van der Waals surface area (Å²) in [6.45, 7) is 2.43. The molecule has 1 aliphatic heterocycles. The van der Waals surface area contributed by atoms with Gasteiger partial charge in [-0.2, -0.15) is 0 Å². The molecular formula is C34H26ClN3O4S2. The van der Waals surface area contributed by atoms with E-state index in [0.717, 1.165) is 16.7 Å². The molecule has 1 atom stereocenters. The second-order valence-electron chi connectivity index (χ2n) is 10.1. The number of anilines is 1. The number of carbonyl (C=O) groups is 2. The number of ketones is 1. The molecule has 4 aromatic carbocycles. The molecule has 1 fully saturated rings. The maximum Gasteiger partial charge on any atom is 0.301 e. The van der Waals surface area contributed by atoms with E-state index >= 15 is 0 Å². The van der Waals surface area contributed by atoms with Gasteiger partial charge in [-0.15, -0.1) is 10.2 Å². The molecule has 0 bridgehead atoms. The van der Waals surface area contributed by atoms with Crippen LogP contribution in [0.1, 0.15) is 33.9 Å². The smallest absolute Gasteiger partial charge is 0.301 e. The van der Waals surface area contributed by atoms with Crippen LogP contribution in [0.4, 0.5) is 5.13 Å². The second-order valence-corrected chi connectivity index (χ2v) is 12.7. The maximum atomic E-state index is 13.5. The molecule has 1 saturated heterocycles. The van der Waals surface area contributed by atoms with Gasteiger partial charge in [-0.1, -0.05) is 101 Å². The van der Waals surface area contributed by atoms with Crippen molar-refractivity contribution < 1.29 is 19.4 Å². The lowest BCUT2D eigenvalue weighted by molar-refractivity contribution is -0.132. The number of benzene rings is 4. The zero-order valence-corrected chi connectivity index (χ0v) is 25.9. The van der Waals surface area contributed by atoms with Crippen molar-refractivity contribution in [1.29, 1.82) is 0 Å². The quantitative estimate of drug-likeness (QED) is 0.0574. The highest BCUT2D eigenvalue weighted by Gasteiger charge is 2.48. The van der Waals surface area contributed by atoms with Gasteiger partial charge >= 0.3 is 5.91 Å². The lowest BCUT2D eigenvalue weighted by Crippen LogP contribution is -2.29. The number of hydrogen-bond acceptors (Lipinski definition) is 8. The van der Waals surface area contributed by atoms with Crippen LogP contribution >= 0.6 is 34.7 Å². The van der Waals surface area contributed by atoms with Gasteiger partial charge in [0, 0.05) is 16.3 Å². The normalized spacial score (nSPS) is 16.0. The largest absolute Gasteiger partial charge is 0.507 e. The number of aliphatic hydroxyl groups excluding tert-OH is 1. The van der Waals surface area contributed by atoms with Crippen molar-refractivity contribution in [2.24, 2.45) is 0 Å².